The van der Waals surface area contributed by atoms with E-state index in [1.807, 2.05) is 18.2 Å². The molecule has 1 aromatic carbocycles. The van der Waals surface area contributed by atoms with Crippen LogP contribution in [0.2, 0.25) is 5.02 Å². The molecule has 1 heterocycles. The Kier molecular flexibility index (Phi) is 5.56. The van der Waals surface area contributed by atoms with Gasteiger partial charge in [0.15, 0.2) is 0 Å². The molecule has 1 aliphatic rings. The Morgan fingerprint density at radius 2 is 2.00 bits per heavy atom. The zero-order chi connectivity index (χ0) is 10.7. The van der Waals surface area contributed by atoms with E-state index in [1.165, 1.54) is 0 Å². The summed E-state index contributed by atoms with van der Waals surface area (Å²) in [6, 6.07) is 8.04. The number of piperidine rings is 1. The molecule has 90 valence electrons. The summed E-state index contributed by atoms with van der Waals surface area (Å²) >= 11 is 5.96. The van der Waals surface area contributed by atoms with Crippen LogP contribution in [0.5, 0.6) is 0 Å². The van der Waals surface area contributed by atoms with Crippen LogP contribution in [0.4, 0.5) is 0 Å². The first-order valence-electron chi connectivity index (χ1n) is 5.49. The fourth-order valence-electron chi connectivity index (χ4n) is 2.19. The van der Waals surface area contributed by atoms with E-state index in [1.54, 1.807) is 0 Å². The van der Waals surface area contributed by atoms with Crippen molar-refractivity contribution >= 4 is 24.0 Å². The molecule has 1 saturated heterocycles. The summed E-state index contributed by atoms with van der Waals surface area (Å²) in [6.45, 7) is 2.16. The van der Waals surface area contributed by atoms with Crippen molar-refractivity contribution in [2.24, 2.45) is 11.7 Å². The van der Waals surface area contributed by atoms with Gasteiger partial charge in [-0.25, -0.2) is 0 Å². The number of nitrogens with one attached hydrogen (secondary N) is 1. The standard InChI is InChI=1S/C12H17ClN2.ClH/c13-11-3-1-2-10(8-11)12(14)9-4-6-15-7-5-9;/h1-3,8-9,12,15H,4-7,14H2;1H/t12-;/m1./s1. The lowest BCUT2D eigenvalue weighted by atomic mass is 9.87. The van der Waals surface area contributed by atoms with Crippen molar-refractivity contribution < 1.29 is 0 Å². The molecule has 1 fully saturated rings. The fraction of sp³-hybridized carbons (Fsp3) is 0.500. The lowest BCUT2D eigenvalue weighted by Crippen LogP contribution is -2.33. The lowest BCUT2D eigenvalue weighted by molar-refractivity contribution is 0.322. The lowest BCUT2D eigenvalue weighted by Gasteiger charge is -2.28. The summed E-state index contributed by atoms with van der Waals surface area (Å²) in [5.74, 6) is 0.588. The third-order valence-electron chi connectivity index (χ3n) is 3.13. The highest BCUT2D eigenvalue weighted by molar-refractivity contribution is 6.30. The van der Waals surface area contributed by atoms with Gasteiger partial charge in [0, 0.05) is 11.1 Å². The minimum Gasteiger partial charge on any atom is -0.324 e. The van der Waals surface area contributed by atoms with Gasteiger partial charge in [0.1, 0.15) is 0 Å². The maximum absolute atomic E-state index is 6.25. The Balaban J connectivity index is 0.00000128. The first-order chi connectivity index (χ1) is 7.27. The highest BCUT2D eigenvalue weighted by Gasteiger charge is 2.21. The van der Waals surface area contributed by atoms with Crippen molar-refractivity contribution in [3.63, 3.8) is 0 Å². The van der Waals surface area contributed by atoms with E-state index in [4.69, 9.17) is 17.3 Å². The number of rotatable bonds is 2. The molecule has 0 amide bonds. The second-order valence-electron chi connectivity index (χ2n) is 4.17. The summed E-state index contributed by atoms with van der Waals surface area (Å²) in [7, 11) is 0. The molecule has 0 unspecified atom stereocenters. The maximum Gasteiger partial charge on any atom is 0.0409 e. The molecule has 0 aliphatic carbocycles. The highest BCUT2D eigenvalue weighted by atomic mass is 35.5. The molecular weight excluding hydrogens is 243 g/mol. The van der Waals surface area contributed by atoms with E-state index in [2.05, 4.69) is 11.4 Å². The molecule has 0 saturated carbocycles. The second-order valence-corrected chi connectivity index (χ2v) is 4.60. The van der Waals surface area contributed by atoms with Crippen LogP contribution in [0.25, 0.3) is 0 Å². The van der Waals surface area contributed by atoms with Crippen LogP contribution >= 0.6 is 24.0 Å². The number of nitrogens with two attached hydrogens (primary N) is 1. The largest absolute Gasteiger partial charge is 0.324 e. The highest BCUT2D eigenvalue weighted by Crippen LogP contribution is 2.27. The van der Waals surface area contributed by atoms with Gasteiger partial charge in [-0.05, 0) is 49.5 Å². The molecule has 0 spiro atoms. The maximum atomic E-state index is 6.25. The van der Waals surface area contributed by atoms with Crippen molar-refractivity contribution in [3.05, 3.63) is 34.9 Å². The molecule has 0 bridgehead atoms. The Hall–Kier alpha value is -0.280. The molecule has 4 heteroatoms. The van der Waals surface area contributed by atoms with Crippen LogP contribution in [0, 0.1) is 5.92 Å². The van der Waals surface area contributed by atoms with E-state index < -0.39 is 0 Å². The van der Waals surface area contributed by atoms with Crippen LogP contribution in [-0.4, -0.2) is 13.1 Å². The molecule has 2 nitrogen and oxygen atoms in total. The van der Waals surface area contributed by atoms with E-state index in [0.717, 1.165) is 36.5 Å². The van der Waals surface area contributed by atoms with Crippen molar-refractivity contribution in [2.45, 2.75) is 18.9 Å². The summed E-state index contributed by atoms with van der Waals surface area (Å²) in [6.07, 6.45) is 2.32. The Labute approximate surface area is 108 Å². The topological polar surface area (TPSA) is 38.0 Å². The van der Waals surface area contributed by atoms with Crippen LogP contribution in [0.3, 0.4) is 0 Å². The van der Waals surface area contributed by atoms with Crippen molar-refractivity contribution in [2.75, 3.05) is 13.1 Å². The third kappa shape index (κ3) is 3.36. The quantitative estimate of drug-likeness (QED) is 0.859. The molecule has 1 aromatic rings. The van der Waals surface area contributed by atoms with E-state index in [0.29, 0.717) is 5.92 Å². The zero-order valence-corrected chi connectivity index (χ0v) is 10.7. The summed E-state index contributed by atoms with van der Waals surface area (Å²) in [5, 5.41) is 4.13. The predicted octanol–water partition coefficient (Wildman–Crippen LogP) is 2.76. The van der Waals surface area contributed by atoms with Crippen LogP contribution < -0.4 is 11.1 Å². The van der Waals surface area contributed by atoms with Crippen molar-refractivity contribution in [1.29, 1.82) is 0 Å². The smallest absolute Gasteiger partial charge is 0.0409 e. The molecule has 0 radical (unpaired) electrons. The summed E-state index contributed by atoms with van der Waals surface area (Å²) in [5.41, 5.74) is 7.41. The van der Waals surface area contributed by atoms with Gasteiger partial charge in [-0.15, -0.1) is 12.4 Å². The average molecular weight is 261 g/mol. The molecule has 2 rings (SSSR count). The zero-order valence-electron chi connectivity index (χ0n) is 9.16. The van der Waals surface area contributed by atoms with Crippen LogP contribution in [-0.2, 0) is 0 Å². The number of benzene rings is 1. The third-order valence-corrected chi connectivity index (χ3v) is 3.36. The van der Waals surface area contributed by atoms with Crippen LogP contribution in [0.15, 0.2) is 24.3 Å². The van der Waals surface area contributed by atoms with Crippen molar-refractivity contribution in [1.82, 2.24) is 5.32 Å². The van der Waals surface area contributed by atoms with Gasteiger partial charge in [0.2, 0.25) is 0 Å². The Morgan fingerprint density at radius 3 is 2.62 bits per heavy atom. The van der Waals surface area contributed by atoms with Gasteiger partial charge < -0.3 is 11.1 Å². The van der Waals surface area contributed by atoms with E-state index in [9.17, 15) is 0 Å². The van der Waals surface area contributed by atoms with Gasteiger partial charge in [0.25, 0.3) is 0 Å². The molecule has 0 aromatic heterocycles. The Morgan fingerprint density at radius 1 is 1.31 bits per heavy atom. The Bertz CT molecular complexity index is 325. The minimum atomic E-state index is 0. The van der Waals surface area contributed by atoms with Gasteiger partial charge in [-0.1, -0.05) is 23.7 Å². The first kappa shape index (κ1) is 13.8. The molecule has 3 N–H and O–H groups in total. The van der Waals surface area contributed by atoms with Gasteiger partial charge in [0.05, 0.1) is 0 Å². The number of hydrogen-bond acceptors (Lipinski definition) is 2. The average Bonchev–Trinajstić information content (AvgIpc) is 2.29. The molecule has 1 aliphatic heterocycles. The van der Waals surface area contributed by atoms with Crippen LogP contribution in [0.1, 0.15) is 24.4 Å². The number of halogens is 2. The molecule has 1 atom stereocenters. The predicted molar refractivity (Wildman–Crippen MR) is 71.2 cm³/mol. The first-order valence-corrected chi connectivity index (χ1v) is 5.87. The normalized spacial score (nSPS) is 18.9. The van der Waals surface area contributed by atoms with E-state index in [-0.39, 0.29) is 18.4 Å². The van der Waals surface area contributed by atoms with Gasteiger partial charge >= 0.3 is 0 Å². The molecule has 16 heavy (non-hydrogen) atoms. The monoisotopic (exact) mass is 260 g/mol. The van der Waals surface area contributed by atoms with Gasteiger partial charge in [-0.2, -0.15) is 0 Å². The van der Waals surface area contributed by atoms with E-state index >= 15 is 0 Å². The van der Waals surface area contributed by atoms with Crippen molar-refractivity contribution in [3.8, 4) is 0 Å². The van der Waals surface area contributed by atoms with Gasteiger partial charge in [-0.3, -0.25) is 0 Å². The SMILES string of the molecule is Cl.N[C@@H](c1cccc(Cl)c1)C1CCNCC1. The minimum absolute atomic E-state index is 0. The summed E-state index contributed by atoms with van der Waals surface area (Å²) in [4.78, 5) is 0. The fourth-order valence-corrected chi connectivity index (χ4v) is 2.39. The summed E-state index contributed by atoms with van der Waals surface area (Å²) < 4.78 is 0. The second kappa shape index (κ2) is 6.45. The number of hydrogen-bond donors (Lipinski definition) is 2. The molecular formula is C12H18Cl2N2.